The first-order chi connectivity index (χ1) is 5.25. The van der Waals surface area contributed by atoms with Gasteiger partial charge in [0.05, 0.1) is 5.41 Å². The van der Waals surface area contributed by atoms with Crippen LogP contribution in [0.25, 0.3) is 0 Å². The van der Waals surface area contributed by atoms with Crippen molar-refractivity contribution in [3.05, 3.63) is 0 Å². The maximum atomic E-state index is 10.9. The molecule has 1 N–H and O–H groups in total. The molecule has 3 heteroatoms. The number of hydrogen-bond donors (Lipinski definition) is 1. The summed E-state index contributed by atoms with van der Waals surface area (Å²) in [5, 5.41) is 9.00. The first-order valence-corrected chi connectivity index (χ1v) is 4.49. The normalized spacial score (nSPS) is 12.1. The SMILES string of the molecule is CCCC(C)(C)C(C)(C)C(=O)O.[BiH3]. The molecule has 0 unspecified atom stereocenters. The predicted molar refractivity (Wildman–Crippen MR) is 60.0 cm³/mol. The van der Waals surface area contributed by atoms with Gasteiger partial charge in [-0.2, -0.15) is 0 Å². The molecule has 0 aromatic carbocycles. The summed E-state index contributed by atoms with van der Waals surface area (Å²) in [7, 11) is 0. The van der Waals surface area contributed by atoms with E-state index in [0.29, 0.717) is 0 Å². The van der Waals surface area contributed by atoms with Gasteiger partial charge in [0.1, 0.15) is 0 Å². The van der Waals surface area contributed by atoms with Crippen LogP contribution in [0.2, 0.25) is 0 Å². The Balaban J connectivity index is 0. The minimum absolute atomic E-state index is 0. The van der Waals surface area contributed by atoms with Gasteiger partial charge in [0.15, 0.2) is 0 Å². The van der Waals surface area contributed by atoms with Crippen LogP contribution in [-0.2, 0) is 4.79 Å². The molecule has 0 heterocycles. The van der Waals surface area contributed by atoms with E-state index >= 15 is 0 Å². The number of carboxylic acids is 1. The van der Waals surface area contributed by atoms with E-state index in [1.807, 2.05) is 13.8 Å². The van der Waals surface area contributed by atoms with Crippen LogP contribution in [0.3, 0.4) is 0 Å². The van der Waals surface area contributed by atoms with E-state index in [1.165, 1.54) is 0 Å². The number of aliphatic carboxylic acids is 1. The zero-order valence-corrected chi connectivity index (χ0v) is 15.0. The van der Waals surface area contributed by atoms with Crippen molar-refractivity contribution < 1.29 is 9.90 Å². The molecule has 0 saturated carbocycles. The van der Waals surface area contributed by atoms with Crippen molar-refractivity contribution in [3.63, 3.8) is 0 Å². The Morgan fingerprint density at radius 1 is 1.23 bits per heavy atom. The summed E-state index contributed by atoms with van der Waals surface area (Å²) >= 11 is 0. The van der Waals surface area contributed by atoms with Crippen LogP contribution >= 0.6 is 0 Å². The van der Waals surface area contributed by atoms with Gasteiger partial charge in [-0.15, -0.1) is 0 Å². The molecule has 0 aromatic heterocycles. The van der Waals surface area contributed by atoms with E-state index in [9.17, 15) is 4.79 Å². The number of carboxylic acid groups (broad SMARTS) is 1. The third kappa shape index (κ3) is 3.54. The molecule has 0 amide bonds. The van der Waals surface area contributed by atoms with Crippen LogP contribution in [0.4, 0.5) is 0 Å². The second-order valence-corrected chi connectivity index (χ2v) is 4.56. The van der Waals surface area contributed by atoms with Crippen molar-refractivity contribution in [2.45, 2.75) is 47.5 Å². The molecule has 2 nitrogen and oxygen atoms in total. The van der Waals surface area contributed by atoms with Gasteiger partial charge in [-0.05, 0) is 25.7 Å². The van der Waals surface area contributed by atoms with Crippen LogP contribution in [0.5, 0.6) is 0 Å². The monoisotopic (exact) mass is 384 g/mol. The fraction of sp³-hybridized carbons (Fsp3) is 0.900. The number of rotatable bonds is 4. The van der Waals surface area contributed by atoms with Crippen LogP contribution in [0, 0.1) is 10.8 Å². The van der Waals surface area contributed by atoms with Crippen LogP contribution < -0.4 is 0 Å². The third-order valence-corrected chi connectivity index (χ3v) is 3.10. The van der Waals surface area contributed by atoms with E-state index in [0.717, 1.165) is 12.8 Å². The Hall–Kier alpha value is 0.353. The van der Waals surface area contributed by atoms with Gasteiger partial charge >= 0.3 is 32.2 Å². The molecule has 0 saturated heterocycles. The predicted octanol–water partition coefficient (Wildman–Crippen LogP) is 1.74. The first kappa shape index (κ1) is 15.8. The van der Waals surface area contributed by atoms with Gasteiger partial charge in [-0.3, -0.25) is 4.79 Å². The van der Waals surface area contributed by atoms with Crippen molar-refractivity contribution in [1.29, 1.82) is 0 Å². The molecule has 0 aliphatic rings. The molecule has 0 rings (SSSR count). The molecular weight excluding hydrogens is 361 g/mol. The van der Waals surface area contributed by atoms with Gasteiger partial charge in [-0.1, -0.05) is 27.2 Å². The third-order valence-electron chi connectivity index (χ3n) is 3.10. The van der Waals surface area contributed by atoms with E-state index in [2.05, 4.69) is 6.92 Å². The van der Waals surface area contributed by atoms with Crippen molar-refractivity contribution in [2.24, 2.45) is 10.8 Å². The summed E-state index contributed by atoms with van der Waals surface area (Å²) in [6, 6.07) is 0. The summed E-state index contributed by atoms with van der Waals surface area (Å²) in [4.78, 5) is 10.9. The van der Waals surface area contributed by atoms with Gasteiger partial charge in [0, 0.05) is 0 Å². The van der Waals surface area contributed by atoms with E-state index < -0.39 is 11.4 Å². The maximum absolute atomic E-state index is 10.9. The average molecular weight is 384 g/mol. The number of carbonyl (C=O) groups is 1. The van der Waals surface area contributed by atoms with Crippen LogP contribution in [-0.4, -0.2) is 37.3 Å². The molecule has 80 valence electrons. The first-order valence-electron chi connectivity index (χ1n) is 4.49. The van der Waals surface area contributed by atoms with Crippen molar-refractivity contribution in [3.8, 4) is 0 Å². The zero-order valence-electron chi connectivity index (χ0n) is 9.48. The Morgan fingerprint density at radius 3 is 1.85 bits per heavy atom. The van der Waals surface area contributed by atoms with Crippen molar-refractivity contribution in [1.82, 2.24) is 0 Å². The summed E-state index contributed by atoms with van der Waals surface area (Å²) in [5.41, 5.74) is -0.767. The molecule has 0 aliphatic heterocycles. The Labute approximate surface area is 100 Å². The Kier molecular flexibility index (Phi) is 6.43. The average Bonchev–Trinajstić information content (AvgIpc) is 1.86. The Bertz CT molecular complexity index is 174. The number of hydrogen-bond acceptors (Lipinski definition) is 1. The molecule has 0 atom stereocenters. The molecule has 0 radical (unpaired) electrons. The second-order valence-electron chi connectivity index (χ2n) is 4.56. The molecular formula is C10H23BiO2. The summed E-state index contributed by atoms with van der Waals surface area (Å²) < 4.78 is 0. The molecule has 0 aromatic rings. The van der Waals surface area contributed by atoms with Gasteiger partial charge in [0.2, 0.25) is 0 Å². The molecule has 0 spiro atoms. The van der Waals surface area contributed by atoms with E-state index in [-0.39, 0.29) is 31.6 Å². The quantitative estimate of drug-likeness (QED) is 0.750. The van der Waals surface area contributed by atoms with E-state index in [1.54, 1.807) is 13.8 Å². The minimum atomic E-state index is -0.707. The van der Waals surface area contributed by atoms with Crippen molar-refractivity contribution >= 4 is 32.2 Å². The molecule has 13 heavy (non-hydrogen) atoms. The zero-order chi connectivity index (χ0) is 9.99. The fourth-order valence-electron chi connectivity index (χ4n) is 1.23. The fourth-order valence-corrected chi connectivity index (χ4v) is 1.23. The Morgan fingerprint density at radius 2 is 1.62 bits per heavy atom. The summed E-state index contributed by atoms with van der Waals surface area (Å²) in [6.07, 6.45) is 1.98. The molecule has 0 fully saturated rings. The van der Waals surface area contributed by atoms with Gasteiger partial charge in [0.25, 0.3) is 0 Å². The summed E-state index contributed by atoms with van der Waals surface area (Å²) in [5.74, 6) is -0.707. The van der Waals surface area contributed by atoms with Gasteiger partial charge in [-0.25, -0.2) is 0 Å². The van der Waals surface area contributed by atoms with Gasteiger partial charge < -0.3 is 5.11 Å². The topological polar surface area (TPSA) is 37.3 Å². The molecule has 0 bridgehead atoms. The van der Waals surface area contributed by atoms with Crippen LogP contribution in [0.15, 0.2) is 0 Å². The van der Waals surface area contributed by atoms with Crippen molar-refractivity contribution in [2.75, 3.05) is 0 Å². The second kappa shape index (κ2) is 5.29. The van der Waals surface area contributed by atoms with Crippen LogP contribution in [0.1, 0.15) is 47.5 Å². The standard InChI is InChI=1S/C10H20O2.Bi.3H/c1-6-7-9(2,3)10(4,5)8(11)12;;;;/h6-7H2,1-5H3,(H,11,12);;;;. The summed E-state index contributed by atoms with van der Waals surface area (Å²) in [6.45, 7) is 9.71. The molecule has 0 aliphatic carbocycles. The van der Waals surface area contributed by atoms with E-state index in [4.69, 9.17) is 5.11 Å².